The molecule has 1 amide bonds. The molecule has 116 valence electrons. The maximum Gasteiger partial charge on any atom is 0.417 e. The molecule has 0 aliphatic carbocycles. The Kier molecular flexibility index (Phi) is 5.38. The summed E-state index contributed by atoms with van der Waals surface area (Å²) in [5, 5.41) is 2.47. The molecular formula is C13H14BrF3N2OS. The molecule has 1 atom stereocenters. The van der Waals surface area contributed by atoms with Gasteiger partial charge in [0, 0.05) is 4.47 Å². The van der Waals surface area contributed by atoms with E-state index in [-0.39, 0.29) is 9.46 Å². The van der Waals surface area contributed by atoms with E-state index in [0.717, 1.165) is 12.1 Å². The van der Waals surface area contributed by atoms with Crippen LogP contribution in [0.2, 0.25) is 0 Å². The van der Waals surface area contributed by atoms with Crippen molar-refractivity contribution in [1.82, 2.24) is 5.32 Å². The van der Waals surface area contributed by atoms with Crippen LogP contribution in [0.15, 0.2) is 22.7 Å². The Bertz CT molecular complexity index is 577. The number of alkyl halides is 3. The van der Waals surface area contributed by atoms with E-state index in [1.54, 1.807) is 13.8 Å². The molecule has 0 aliphatic heterocycles. The zero-order valence-corrected chi connectivity index (χ0v) is 13.7. The van der Waals surface area contributed by atoms with Crippen LogP contribution in [0.25, 0.3) is 0 Å². The second-order valence-corrected chi connectivity index (χ2v) is 6.05. The molecule has 0 saturated heterocycles. The van der Waals surface area contributed by atoms with Crippen molar-refractivity contribution >= 4 is 39.0 Å². The monoisotopic (exact) mass is 382 g/mol. The van der Waals surface area contributed by atoms with Gasteiger partial charge in [-0.3, -0.25) is 4.79 Å². The molecule has 0 radical (unpaired) electrons. The number of hydrogen-bond acceptors (Lipinski definition) is 2. The highest BCUT2D eigenvalue weighted by Gasteiger charge is 2.37. The second kappa shape index (κ2) is 6.31. The van der Waals surface area contributed by atoms with E-state index in [2.05, 4.69) is 21.2 Å². The van der Waals surface area contributed by atoms with Gasteiger partial charge in [0.25, 0.3) is 5.91 Å². The van der Waals surface area contributed by atoms with Gasteiger partial charge in [0.05, 0.1) is 21.7 Å². The predicted molar refractivity (Wildman–Crippen MR) is 82.1 cm³/mol. The van der Waals surface area contributed by atoms with Crippen LogP contribution in [0.3, 0.4) is 0 Å². The standard InChI is InChI=1S/C13H14BrF3N2OS/c1-3-12(2,11(18)21)19-10(20)8-5-4-7(14)6-9(8)13(15,16)17/h4-6H,3H2,1-2H3,(H2,18,21)(H,19,20). The lowest BCUT2D eigenvalue weighted by atomic mass is 9.97. The summed E-state index contributed by atoms with van der Waals surface area (Å²) in [7, 11) is 0. The number of nitrogens with two attached hydrogens (primary N) is 1. The van der Waals surface area contributed by atoms with E-state index in [1.807, 2.05) is 0 Å². The Balaban J connectivity index is 3.23. The molecule has 0 fully saturated rings. The number of benzene rings is 1. The van der Waals surface area contributed by atoms with Crippen LogP contribution in [0.4, 0.5) is 13.2 Å². The SMILES string of the molecule is CCC(C)(NC(=O)c1ccc(Br)cc1C(F)(F)F)C(N)=S. The summed E-state index contributed by atoms with van der Waals surface area (Å²) in [4.78, 5) is 12.2. The van der Waals surface area contributed by atoms with E-state index < -0.39 is 28.7 Å². The van der Waals surface area contributed by atoms with Crippen LogP contribution in [-0.4, -0.2) is 16.4 Å². The van der Waals surface area contributed by atoms with E-state index in [0.29, 0.717) is 6.42 Å². The molecule has 1 unspecified atom stereocenters. The van der Waals surface area contributed by atoms with Gasteiger partial charge >= 0.3 is 6.18 Å². The number of hydrogen-bond donors (Lipinski definition) is 2. The number of carbonyl (C=O) groups excluding carboxylic acids is 1. The Hall–Kier alpha value is -1.15. The number of thiocarbonyl (C=S) groups is 1. The number of nitrogens with one attached hydrogen (secondary N) is 1. The molecule has 3 nitrogen and oxygen atoms in total. The fourth-order valence-corrected chi connectivity index (χ4v) is 2.15. The smallest absolute Gasteiger partial charge is 0.391 e. The first-order valence-corrected chi connectivity index (χ1v) is 7.20. The molecule has 0 spiro atoms. The Morgan fingerprint density at radius 2 is 2.00 bits per heavy atom. The Morgan fingerprint density at radius 1 is 1.43 bits per heavy atom. The molecule has 1 rings (SSSR count). The summed E-state index contributed by atoms with van der Waals surface area (Å²) in [6, 6.07) is 3.34. The quantitative estimate of drug-likeness (QED) is 0.781. The molecule has 3 N–H and O–H groups in total. The molecule has 8 heteroatoms. The Labute approximate surface area is 134 Å². The van der Waals surface area contributed by atoms with Crippen molar-refractivity contribution in [2.45, 2.75) is 32.0 Å². The maximum atomic E-state index is 13.0. The summed E-state index contributed by atoms with van der Waals surface area (Å²) in [6.07, 6.45) is -4.27. The van der Waals surface area contributed by atoms with Gasteiger partial charge < -0.3 is 11.1 Å². The summed E-state index contributed by atoms with van der Waals surface area (Å²) < 4.78 is 39.3. The average Bonchev–Trinajstić information content (AvgIpc) is 2.37. The number of halogens is 4. The van der Waals surface area contributed by atoms with Crippen LogP contribution in [0.5, 0.6) is 0 Å². The van der Waals surface area contributed by atoms with Crippen molar-refractivity contribution in [3.8, 4) is 0 Å². The first-order valence-electron chi connectivity index (χ1n) is 6.00. The Morgan fingerprint density at radius 3 is 2.43 bits per heavy atom. The topological polar surface area (TPSA) is 55.1 Å². The van der Waals surface area contributed by atoms with Gasteiger partial charge in [-0.1, -0.05) is 35.1 Å². The van der Waals surface area contributed by atoms with Crippen LogP contribution in [0, 0.1) is 0 Å². The van der Waals surface area contributed by atoms with Gasteiger partial charge in [0.15, 0.2) is 0 Å². The van der Waals surface area contributed by atoms with Crippen molar-refractivity contribution in [1.29, 1.82) is 0 Å². The van der Waals surface area contributed by atoms with Gasteiger partial charge in [-0.2, -0.15) is 13.2 Å². The molecule has 0 saturated carbocycles. The van der Waals surface area contributed by atoms with Crippen molar-refractivity contribution in [3.05, 3.63) is 33.8 Å². The van der Waals surface area contributed by atoms with Crippen LogP contribution < -0.4 is 11.1 Å². The van der Waals surface area contributed by atoms with Crippen molar-refractivity contribution in [3.63, 3.8) is 0 Å². The zero-order chi connectivity index (χ0) is 16.4. The van der Waals surface area contributed by atoms with Gasteiger partial charge in [-0.25, -0.2) is 0 Å². The number of amides is 1. The zero-order valence-electron chi connectivity index (χ0n) is 11.3. The minimum absolute atomic E-state index is 0.0176. The minimum Gasteiger partial charge on any atom is -0.391 e. The number of rotatable bonds is 4. The van der Waals surface area contributed by atoms with Gasteiger partial charge in [0.2, 0.25) is 0 Å². The molecular weight excluding hydrogens is 369 g/mol. The van der Waals surface area contributed by atoms with Gasteiger partial charge in [0.1, 0.15) is 0 Å². The van der Waals surface area contributed by atoms with Crippen molar-refractivity contribution in [2.24, 2.45) is 5.73 Å². The summed E-state index contributed by atoms with van der Waals surface area (Å²) in [5.41, 5.74) is 3.01. The van der Waals surface area contributed by atoms with Crippen LogP contribution in [0.1, 0.15) is 36.2 Å². The molecule has 0 aliphatic rings. The lowest BCUT2D eigenvalue weighted by molar-refractivity contribution is -0.138. The third-order valence-electron chi connectivity index (χ3n) is 3.17. The highest BCUT2D eigenvalue weighted by atomic mass is 79.9. The summed E-state index contributed by atoms with van der Waals surface area (Å²) in [5.74, 6) is -0.869. The first-order chi connectivity index (χ1) is 9.51. The first kappa shape index (κ1) is 17.9. The fourth-order valence-electron chi connectivity index (χ4n) is 1.59. The van der Waals surface area contributed by atoms with Crippen molar-refractivity contribution < 1.29 is 18.0 Å². The highest BCUT2D eigenvalue weighted by molar-refractivity contribution is 9.10. The van der Waals surface area contributed by atoms with E-state index in [1.165, 1.54) is 6.07 Å². The third kappa shape index (κ3) is 4.16. The summed E-state index contributed by atoms with van der Waals surface area (Å²) >= 11 is 7.82. The molecule has 0 aromatic heterocycles. The van der Waals surface area contributed by atoms with E-state index >= 15 is 0 Å². The minimum atomic E-state index is -4.64. The largest absolute Gasteiger partial charge is 0.417 e. The van der Waals surface area contributed by atoms with Crippen LogP contribution >= 0.6 is 28.1 Å². The predicted octanol–water partition coefficient (Wildman–Crippen LogP) is 3.65. The molecule has 0 heterocycles. The summed E-state index contributed by atoms with van der Waals surface area (Å²) in [6.45, 7) is 3.30. The molecule has 1 aromatic rings. The molecule has 1 aromatic carbocycles. The normalized spacial score (nSPS) is 14.4. The fraction of sp³-hybridized carbons (Fsp3) is 0.385. The van der Waals surface area contributed by atoms with Crippen LogP contribution in [-0.2, 0) is 6.18 Å². The van der Waals surface area contributed by atoms with Crippen molar-refractivity contribution in [2.75, 3.05) is 0 Å². The number of carbonyl (C=O) groups is 1. The lowest BCUT2D eigenvalue weighted by Gasteiger charge is -2.28. The molecule has 21 heavy (non-hydrogen) atoms. The second-order valence-electron chi connectivity index (χ2n) is 4.69. The highest BCUT2D eigenvalue weighted by Crippen LogP contribution is 2.34. The maximum absolute atomic E-state index is 13.0. The van der Waals surface area contributed by atoms with E-state index in [9.17, 15) is 18.0 Å². The van der Waals surface area contributed by atoms with Gasteiger partial charge in [-0.15, -0.1) is 0 Å². The molecule has 0 bridgehead atoms. The lowest BCUT2D eigenvalue weighted by Crippen LogP contribution is -2.54. The average molecular weight is 383 g/mol. The van der Waals surface area contributed by atoms with E-state index in [4.69, 9.17) is 18.0 Å². The third-order valence-corrected chi connectivity index (χ3v) is 4.12. The van der Waals surface area contributed by atoms with Gasteiger partial charge in [-0.05, 0) is 31.5 Å².